The highest BCUT2D eigenvalue weighted by molar-refractivity contribution is 5.31. The second-order valence-corrected chi connectivity index (χ2v) is 6.91. The topological polar surface area (TPSA) is 6.48 Å². The Kier molecular flexibility index (Phi) is 6.75. The molecule has 0 spiro atoms. The summed E-state index contributed by atoms with van der Waals surface area (Å²) in [7, 11) is 0. The zero-order valence-electron chi connectivity index (χ0n) is 15.0. The van der Waals surface area contributed by atoms with Crippen LogP contribution >= 0.6 is 0 Å². The number of allylic oxidation sites excluding steroid dienone is 5. The highest BCUT2D eigenvalue weighted by Gasteiger charge is 2.21. The minimum absolute atomic E-state index is 0.715. The number of hydrogen-bond acceptors (Lipinski definition) is 2. The summed E-state index contributed by atoms with van der Waals surface area (Å²) in [6.45, 7) is 14.0. The van der Waals surface area contributed by atoms with Crippen LogP contribution in [-0.2, 0) is 0 Å². The average Bonchev–Trinajstić information content (AvgIpc) is 2.80. The molecule has 2 rings (SSSR count). The van der Waals surface area contributed by atoms with E-state index in [4.69, 9.17) is 0 Å². The van der Waals surface area contributed by atoms with Crippen molar-refractivity contribution in [1.29, 1.82) is 0 Å². The van der Waals surface area contributed by atoms with Crippen molar-refractivity contribution >= 4 is 0 Å². The zero-order chi connectivity index (χ0) is 15.9. The Morgan fingerprint density at radius 1 is 1.05 bits per heavy atom. The summed E-state index contributed by atoms with van der Waals surface area (Å²) in [6, 6.07) is 0.724. The maximum atomic E-state index is 2.63. The Morgan fingerprint density at radius 2 is 1.77 bits per heavy atom. The van der Waals surface area contributed by atoms with Gasteiger partial charge in [0.2, 0.25) is 0 Å². The van der Waals surface area contributed by atoms with Gasteiger partial charge in [0.05, 0.1) is 0 Å². The summed E-state index contributed by atoms with van der Waals surface area (Å²) in [5.74, 6) is 0.715. The van der Waals surface area contributed by atoms with E-state index in [0.717, 1.165) is 25.6 Å². The van der Waals surface area contributed by atoms with E-state index in [1.54, 1.807) is 5.57 Å². The lowest BCUT2D eigenvalue weighted by Crippen LogP contribution is -2.48. The molecule has 2 aliphatic rings. The van der Waals surface area contributed by atoms with Crippen LogP contribution in [0.2, 0.25) is 0 Å². The zero-order valence-corrected chi connectivity index (χ0v) is 15.0. The van der Waals surface area contributed by atoms with Crippen molar-refractivity contribution in [2.24, 2.45) is 5.92 Å². The first-order valence-corrected chi connectivity index (χ1v) is 9.22. The fraction of sp³-hybridized carbons (Fsp3) is 0.700. The van der Waals surface area contributed by atoms with E-state index in [1.807, 2.05) is 0 Å². The van der Waals surface area contributed by atoms with Gasteiger partial charge in [-0.05, 0) is 44.3 Å². The molecule has 2 nitrogen and oxygen atoms in total. The molecule has 22 heavy (non-hydrogen) atoms. The number of piperazine rings is 1. The Bertz CT molecular complexity index is 425. The summed E-state index contributed by atoms with van der Waals surface area (Å²) >= 11 is 0. The lowest BCUT2D eigenvalue weighted by atomic mass is 9.94. The molecule has 0 aromatic carbocycles. The van der Waals surface area contributed by atoms with Gasteiger partial charge < -0.3 is 4.90 Å². The largest absolute Gasteiger partial charge is 0.369 e. The standard InChI is InChI=1S/C20H34N2/c1-5-8-17(3)19-9-7-10-20(12-11-19)22-15-13-21(14-16-22)18(4)6-2/h7,10-12,17-18H,5-6,8-9,13-16H2,1-4H3. The van der Waals surface area contributed by atoms with Gasteiger partial charge in [-0.15, -0.1) is 0 Å². The Balaban J connectivity index is 1.96. The summed E-state index contributed by atoms with van der Waals surface area (Å²) < 4.78 is 0. The molecule has 124 valence electrons. The summed E-state index contributed by atoms with van der Waals surface area (Å²) in [6.07, 6.45) is 14.4. The summed E-state index contributed by atoms with van der Waals surface area (Å²) in [4.78, 5) is 5.18. The molecule has 0 aromatic rings. The molecular formula is C20H34N2. The van der Waals surface area contributed by atoms with Crippen molar-refractivity contribution in [3.05, 3.63) is 35.6 Å². The Hall–Kier alpha value is -1.02. The van der Waals surface area contributed by atoms with Crippen LogP contribution in [0.3, 0.4) is 0 Å². The van der Waals surface area contributed by atoms with Gasteiger partial charge in [-0.2, -0.15) is 0 Å². The van der Waals surface area contributed by atoms with Crippen molar-refractivity contribution in [1.82, 2.24) is 9.80 Å². The van der Waals surface area contributed by atoms with Crippen molar-refractivity contribution in [3.8, 4) is 0 Å². The summed E-state index contributed by atoms with van der Waals surface area (Å²) in [5, 5.41) is 0. The van der Waals surface area contributed by atoms with E-state index in [0.29, 0.717) is 5.92 Å². The van der Waals surface area contributed by atoms with Gasteiger partial charge in [0.25, 0.3) is 0 Å². The van der Waals surface area contributed by atoms with E-state index in [9.17, 15) is 0 Å². The Morgan fingerprint density at radius 3 is 2.41 bits per heavy atom. The van der Waals surface area contributed by atoms with Gasteiger partial charge in [-0.1, -0.05) is 44.9 Å². The van der Waals surface area contributed by atoms with E-state index in [2.05, 4.69) is 61.8 Å². The normalized spacial score (nSPS) is 22.8. The SMILES string of the molecule is CCCC(C)C1=CC=C(N2CCN(C(C)CC)CC2)C=CC1. The lowest BCUT2D eigenvalue weighted by molar-refractivity contribution is 0.123. The second-order valence-electron chi connectivity index (χ2n) is 6.91. The maximum absolute atomic E-state index is 2.63. The minimum atomic E-state index is 0.715. The number of nitrogens with zero attached hydrogens (tertiary/aromatic N) is 2. The molecule has 1 fully saturated rings. The molecule has 2 heteroatoms. The van der Waals surface area contributed by atoms with Gasteiger partial charge in [0.15, 0.2) is 0 Å². The second kappa shape index (κ2) is 8.57. The molecule has 0 N–H and O–H groups in total. The molecule has 1 aliphatic carbocycles. The molecule has 0 radical (unpaired) electrons. The van der Waals surface area contributed by atoms with Gasteiger partial charge in [-0.3, -0.25) is 4.90 Å². The fourth-order valence-corrected chi connectivity index (χ4v) is 3.51. The molecule has 2 atom stereocenters. The van der Waals surface area contributed by atoms with Gasteiger partial charge >= 0.3 is 0 Å². The van der Waals surface area contributed by atoms with Crippen LogP contribution < -0.4 is 0 Å². The van der Waals surface area contributed by atoms with Crippen LogP contribution in [0, 0.1) is 5.92 Å². The van der Waals surface area contributed by atoms with Crippen molar-refractivity contribution in [2.75, 3.05) is 26.2 Å². The highest BCUT2D eigenvalue weighted by Crippen LogP contribution is 2.24. The number of rotatable bonds is 6. The first-order valence-electron chi connectivity index (χ1n) is 9.22. The molecule has 0 amide bonds. The van der Waals surface area contributed by atoms with Crippen LogP contribution in [0.25, 0.3) is 0 Å². The molecule has 0 aromatic heterocycles. The van der Waals surface area contributed by atoms with Gasteiger partial charge in [0.1, 0.15) is 0 Å². The third-order valence-corrected chi connectivity index (χ3v) is 5.36. The Labute approximate surface area is 137 Å². The summed E-state index contributed by atoms with van der Waals surface area (Å²) in [5.41, 5.74) is 2.99. The molecule has 1 heterocycles. The fourth-order valence-electron chi connectivity index (χ4n) is 3.51. The highest BCUT2D eigenvalue weighted by atomic mass is 15.3. The third-order valence-electron chi connectivity index (χ3n) is 5.36. The van der Waals surface area contributed by atoms with Crippen LogP contribution in [0.15, 0.2) is 35.6 Å². The predicted octanol–water partition coefficient (Wildman–Crippen LogP) is 4.61. The first-order chi connectivity index (χ1) is 10.7. The molecule has 1 saturated heterocycles. The third kappa shape index (κ3) is 4.49. The lowest BCUT2D eigenvalue weighted by Gasteiger charge is -2.39. The van der Waals surface area contributed by atoms with Gasteiger partial charge in [0, 0.05) is 37.9 Å². The molecule has 1 aliphatic heterocycles. The molecule has 2 unspecified atom stereocenters. The molecular weight excluding hydrogens is 268 g/mol. The predicted molar refractivity (Wildman–Crippen MR) is 96.9 cm³/mol. The minimum Gasteiger partial charge on any atom is -0.369 e. The van der Waals surface area contributed by atoms with Crippen LogP contribution in [-0.4, -0.2) is 42.0 Å². The monoisotopic (exact) mass is 302 g/mol. The van der Waals surface area contributed by atoms with E-state index in [1.165, 1.54) is 38.0 Å². The average molecular weight is 303 g/mol. The van der Waals surface area contributed by atoms with Crippen molar-refractivity contribution < 1.29 is 0 Å². The van der Waals surface area contributed by atoms with E-state index >= 15 is 0 Å². The smallest absolute Gasteiger partial charge is 0.0363 e. The van der Waals surface area contributed by atoms with Crippen LogP contribution in [0.1, 0.15) is 53.4 Å². The van der Waals surface area contributed by atoms with Crippen molar-refractivity contribution in [3.63, 3.8) is 0 Å². The quantitative estimate of drug-likeness (QED) is 0.707. The van der Waals surface area contributed by atoms with Crippen molar-refractivity contribution in [2.45, 2.75) is 59.4 Å². The molecule has 0 saturated carbocycles. The van der Waals surface area contributed by atoms with E-state index < -0.39 is 0 Å². The van der Waals surface area contributed by atoms with E-state index in [-0.39, 0.29) is 0 Å². The first kappa shape index (κ1) is 17.3. The van der Waals surface area contributed by atoms with Gasteiger partial charge in [-0.25, -0.2) is 0 Å². The molecule has 0 bridgehead atoms. The number of hydrogen-bond donors (Lipinski definition) is 0. The van der Waals surface area contributed by atoms with Crippen LogP contribution in [0.4, 0.5) is 0 Å². The maximum Gasteiger partial charge on any atom is 0.0363 e. The van der Waals surface area contributed by atoms with Crippen LogP contribution in [0.5, 0.6) is 0 Å².